The van der Waals surface area contributed by atoms with Gasteiger partial charge in [-0.15, -0.1) is 0 Å². The van der Waals surface area contributed by atoms with E-state index in [1.54, 1.807) is 0 Å². The Labute approximate surface area is 52.7 Å². The molecular weight excluding hydrogens is 124 g/mol. The zero-order chi connectivity index (χ0) is 6.53. The maximum absolute atomic E-state index is 9.52. The molecule has 0 N–H and O–H groups in total. The molecule has 0 spiro atoms. The standard InChI is InChI=1S/C5H7O4/c6-3-7-1-5-2-8-4-9-5/h5H,1-2,4H2. The normalized spacial score (nSPS) is 26.0. The van der Waals surface area contributed by atoms with Crippen LogP contribution in [0, 0.1) is 0 Å². The molecule has 1 radical (unpaired) electrons. The van der Waals surface area contributed by atoms with Gasteiger partial charge in [-0.1, -0.05) is 0 Å². The Morgan fingerprint density at radius 3 is 3.22 bits per heavy atom. The zero-order valence-electron chi connectivity index (χ0n) is 4.83. The van der Waals surface area contributed by atoms with Crippen LogP contribution in [-0.4, -0.2) is 32.6 Å². The minimum atomic E-state index is -0.0913. The number of hydrogen-bond donors (Lipinski definition) is 0. The van der Waals surface area contributed by atoms with Gasteiger partial charge in [0.05, 0.1) is 6.61 Å². The molecule has 1 atom stereocenters. The van der Waals surface area contributed by atoms with Gasteiger partial charge in [0.25, 0.3) is 0 Å². The van der Waals surface area contributed by atoms with Crippen molar-refractivity contribution in [3.8, 4) is 0 Å². The lowest BCUT2D eigenvalue weighted by Gasteiger charge is -2.02. The predicted molar refractivity (Wildman–Crippen MR) is 27.3 cm³/mol. The van der Waals surface area contributed by atoms with Gasteiger partial charge in [0.15, 0.2) is 0 Å². The second kappa shape index (κ2) is 3.42. The minimum Gasteiger partial charge on any atom is -0.454 e. The molecule has 0 bridgehead atoms. The van der Waals surface area contributed by atoms with Crippen molar-refractivity contribution in [3.05, 3.63) is 0 Å². The lowest BCUT2D eigenvalue weighted by molar-refractivity contribution is 0.0297. The Hall–Kier alpha value is -0.610. The largest absolute Gasteiger partial charge is 0.454 e. The van der Waals surface area contributed by atoms with Crippen LogP contribution >= 0.6 is 0 Å². The van der Waals surface area contributed by atoms with E-state index in [9.17, 15) is 4.79 Å². The van der Waals surface area contributed by atoms with Crippen molar-refractivity contribution in [3.63, 3.8) is 0 Å². The molecule has 4 nitrogen and oxygen atoms in total. The van der Waals surface area contributed by atoms with Crippen LogP contribution in [0.4, 0.5) is 0 Å². The molecule has 1 heterocycles. The van der Waals surface area contributed by atoms with Crippen molar-refractivity contribution in [2.75, 3.05) is 20.0 Å². The van der Waals surface area contributed by atoms with Gasteiger partial charge in [0, 0.05) is 0 Å². The molecule has 9 heavy (non-hydrogen) atoms. The molecular formula is C5H7O4. The van der Waals surface area contributed by atoms with Crippen LogP contribution in [0.5, 0.6) is 0 Å². The molecule has 1 aliphatic rings. The van der Waals surface area contributed by atoms with Crippen LogP contribution in [0.15, 0.2) is 0 Å². The summed E-state index contributed by atoms with van der Waals surface area (Å²) in [6, 6.07) is 0. The fourth-order valence-corrected chi connectivity index (χ4v) is 0.595. The second-order valence-electron chi connectivity index (χ2n) is 1.67. The molecule has 1 aliphatic heterocycles. The van der Waals surface area contributed by atoms with Crippen LogP contribution in [0.25, 0.3) is 0 Å². The van der Waals surface area contributed by atoms with Gasteiger partial charge in [-0.25, -0.2) is 4.79 Å². The highest BCUT2D eigenvalue weighted by molar-refractivity contribution is 5.38. The van der Waals surface area contributed by atoms with E-state index >= 15 is 0 Å². The average molecular weight is 131 g/mol. The number of rotatable bonds is 3. The molecule has 0 amide bonds. The molecule has 1 saturated heterocycles. The molecule has 1 rings (SSSR count). The second-order valence-corrected chi connectivity index (χ2v) is 1.67. The van der Waals surface area contributed by atoms with E-state index in [-0.39, 0.29) is 12.7 Å². The molecule has 0 aliphatic carbocycles. The van der Waals surface area contributed by atoms with Crippen LogP contribution in [0.1, 0.15) is 0 Å². The molecule has 1 fully saturated rings. The first kappa shape index (κ1) is 6.51. The molecule has 0 aromatic carbocycles. The maximum Gasteiger partial charge on any atom is 0.417 e. The first-order valence-electron chi connectivity index (χ1n) is 2.62. The number of ether oxygens (including phenoxy) is 3. The third kappa shape index (κ3) is 1.99. The first-order chi connectivity index (χ1) is 4.43. The Bertz CT molecular complexity index is 87.0. The van der Waals surface area contributed by atoms with Gasteiger partial charge in [0.2, 0.25) is 0 Å². The summed E-state index contributed by atoms with van der Waals surface area (Å²) in [5, 5.41) is 0. The minimum absolute atomic E-state index is 0.0913. The van der Waals surface area contributed by atoms with Gasteiger partial charge in [-0.3, -0.25) is 0 Å². The molecule has 0 aromatic rings. The lowest BCUT2D eigenvalue weighted by atomic mass is 10.4. The average Bonchev–Trinajstić information content (AvgIpc) is 2.34. The molecule has 0 saturated carbocycles. The van der Waals surface area contributed by atoms with Gasteiger partial charge >= 0.3 is 6.47 Å². The highest BCUT2D eigenvalue weighted by atomic mass is 16.7. The van der Waals surface area contributed by atoms with Gasteiger partial charge in [-0.2, -0.15) is 0 Å². The molecule has 51 valence electrons. The van der Waals surface area contributed by atoms with Crippen molar-refractivity contribution >= 4 is 6.47 Å². The van der Waals surface area contributed by atoms with Crippen molar-refractivity contribution in [2.24, 2.45) is 0 Å². The van der Waals surface area contributed by atoms with E-state index in [1.165, 1.54) is 6.47 Å². The SMILES string of the molecule is O=[C]OCC1COCO1. The third-order valence-corrected chi connectivity index (χ3v) is 1.02. The summed E-state index contributed by atoms with van der Waals surface area (Å²) in [4.78, 5) is 9.52. The number of carbonyl (C=O) groups excluding carboxylic acids is 1. The summed E-state index contributed by atoms with van der Waals surface area (Å²) in [5.74, 6) is 0. The summed E-state index contributed by atoms with van der Waals surface area (Å²) < 4.78 is 14.1. The maximum atomic E-state index is 9.52. The van der Waals surface area contributed by atoms with Crippen LogP contribution in [-0.2, 0) is 19.0 Å². The third-order valence-electron chi connectivity index (χ3n) is 1.02. The van der Waals surface area contributed by atoms with Gasteiger partial charge in [0.1, 0.15) is 19.5 Å². The van der Waals surface area contributed by atoms with E-state index < -0.39 is 0 Å². The highest BCUT2D eigenvalue weighted by Gasteiger charge is 2.15. The Morgan fingerprint density at radius 1 is 1.78 bits per heavy atom. The van der Waals surface area contributed by atoms with Crippen LogP contribution in [0.2, 0.25) is 0 Å². The summed E-state index contributed by atoms with van der Waals surface area (Å²) in [5.41, 5.74) is 0. The fraction of sp³-hybridized carbons (Fsp3) is 0.800. The summed E-state index contributed by atoms with van der Waals surface area (Å²) in [6.07, 6.45) is -0.0913. The van der Waals surface area contributed by atoms with Crippen LogP contribution < -0.4 is 0 Å². The van der Waals surface area contributed by atoms with Crippen molar-refractivity contribution in [1.29, 1.82) is 0 Å². The Balaban J connectivity index is 2.04. The molecule has 4 heteroatoms. The highest BCUT2D eigenvalue weighted by Crippen LogP contribution is 2.01. The van der Waals surface area contributed by atoms with E-state index in [0.29, 0.717) is 13.4 Å². The van der Waals surface area contributed by atoms with E-state index in [0.717, 1.165) is 0 Å². The van der Waals surface area contributed by atoms with Crippen molar-refractivity contribution in [2.45, 2.75) is 6.10 Å². The van der Waals surface area contributed by atoms with E-state index in [2.05, 4.69) is 4.74 Å². The lowest BCUT2D eigenvalue weighted by Crippen LogP contribution is -2.16. The smallest absolute Gasteiger partial charge is 0.417 e. The topological polar surface area (TPSA) is 44.8 Å². The van der Waals surface area contributed by atoms with Crippen molar-refractivity contribution < 1.29 is 19.0 Å². The molecule has 1 unspecified atom stereocenters. The molecule has 0 aromatic heterocycles. The summed E-state index contributed by atoms with van der Waals surface area (Å²) in [7, 11) is 0. The summed E-state index contributed by atoms with van der Waals surface area (Å²) in [6.45, 7) is 2.35. The number of hydrogen-bond acceptors (Lipinski definition) is 4. The quantitative estimate of drug-likeness (QED) is 0.515. The monoisotopic (exact) mass is 131 g/mol. The van der Waals surface area contributed by atoms with Crippen molar-refractivity contribution in [1.82, 2.24) is 0 Å². The predicted octanol–water partition coefficient (Wildman–Crippen LogP) is -0.557. The Morgan fingerprint density at radius 2 is 2.67 bits per heavy atom. The summed E-state index contributed by atoms with van der Waals surface area (Å²) >= 11 is 0. The van der Waals surface area contributed by atoms with E-state index in [4.69, 9.17) is 9.47 Å². The van der Waals surface area contributed by atoms with Crippen LogP contribution in [0.3, 0.4) is 0 Å². The first-order valence-corrected chi connectivity index (χ1v) is 2.62. The fourth-order valence-electron chi connectivity index (χ4n) is 0.595. The zero-order valence-corrected chi connectivity index (χ0v) is 4.83. The van der Waals surface area contributed by atoms with Gasteiger partial charge < -0.3 is 14.2 Å². The van der Waals surface area contributed by atoms with E-state index in [1.807, 2.05) is 0 Å². The Kier molecular flexibility index (Phi) is 2.48. The van der Waals surface area contributed by atoms with Gasteiger partial charge in [-0.05, 0) is 0 Å².